The number of hydrogen-bond donors (Lipinski definition) is 1. The summed E-state index contributed by atoms with van der Waals surface area (Å²) in [6, 6.07) is 5.31. The molecule has 0 aliphatic rings. The van der Waals surface area contributed by atoms with Crippen LogP contribution in [0.1, 0.15) is 12.7 Å². The Morgan fingerprint density at radius 1 is 1.35 bits per heavy atom. The molecule has 1 aromatic carbocycles. The second-order valence-electron chi connectivity index (χ2n) is 3.80. The van der Waals surface area contributed by atoms with Crippen LogP contribution in [0.2, 0.25) is 10.0 Å². The van der Waals surface area contributed by atoms with Crippen LogP contribution in [0.15, 0.2) is 18.2 Å². The third-order valence-electron chi connectivity index (χ3n) is 2.73. The molecular formula is C12H13Cl2N3. The minimum Gasteiger partial charge on any atom is -0.383 e. The van der Waals surface area contributed by atoms with E-state index in [1.54, 1.807) is 12.1 Å². The summed E-state index contributed by atoms with van der Waals surface area (Å²) < 4.78 is 1.88. The first kappa shape index (κ1) is 12.3. The summed E-state index contributed by atoms with van der Waals surface area (Å²) in [6.45, 7) is 2.04. The van der Waals surface area contributed by atoms with Gasteiger partial charge in [-0.15, -0.1) is 0 Å². The van der Waals surface area contributed by atoms with Gasteiger partial charge in [0.05, 0.1) is 5.02 Å². The number of nitrogen functional groups attached to an aromatic ring is 1. The molecule has 0 atom stereocenters. The van der Waals surface area contributed by atoms with Crippen LogP contribution in [-0.4, -0.2) is 9.55 Å². The Bertz CT molecular complexity index is 561. The molecule has 2 rings (SSSR count). The monoisotopic (exact) mass is 269 g/mol. The highest BCUT2D eigenvalue weighted by Crippen LogP contribution is 2.33. The van der Waals surface area contributed by atoms with Crippen molar-refractivity contribution < 1.29 is 0 Å². The number of imidazole rings is 1. The molecular weight excluding hydrogens is 257 g/mol. The van der Waals surface area contributed by atoms with Gasteiger partial charge in [-0.05, 0) is 18.2 Å². The molecule has 2 N–H and O–H groups in total. The van der Waals surface area contributed by atoms with E-state index in [1.165, 1.54) is 0 Å². The molecule has 0 saturated carbocycles. The topological polar surface area (TPSA) is 43.8 Å². The summed E-state index contributed by atoms with van der Waals surface area (Å²) in [4.78, 5) is 4.50. The maximum Gasteiger partial charge on any atom is 0.131 e. The second-order valence-corrected chi connectivity index (χ2v) is 4.64. The summed E-state index contributed by atoms with van der Waals surface area (Å²) in [5.74, 6) is 1.55. The molecule has 1 aromatic heterocycles. The standard InChI is InChI=1S/C12H13Cl2N3/c1-3-10-16-11(12(15)17(10)2)8-5-4-7(13)6-9(8)14/h4-6H,3,15H2,1-2H3. The molecule has 0 aliphatic carbocycles. The van der Waals surface area contributed by atoms with Gasteiger partial charge in [0.2, 0.25) is 0 Å². The molecule has 0 radical (unpaired) electrons. The molecule has 0 amide bonds. The Balaban J connectivity index is 2.60. The number of aryl methyl sites for hydroxylation is 1. The zero-order chi connectivity index (χ0) is 12.6. The molecule has 0 fully saturated rings. The number of benzene rings is 1. The highest BCUT2D eigenvalue weighted by molar-refractivity contribution is 6.36. The molecule has 3 nitrogen and oxygen atoms in total. The van der Waals surface area contributed by atoms with Crippen molar-refractivity contribution in [3.05, 3.63) is 34.1 Å². The lowest BCUT2D eigenvalue weighted by Gasteiger charge is -2.03. The number of nitrogens with zero attached hydrogens (tertiary/aromatic N) is 2. The average Bonchev–Trinajstić information content (AvgIpc) is 2.57. The van der Waals surface area contributed by atoms with E-state index in [0.29, 0.717) is 21.6 Å². The van der Waals surface area contributed by atoms with Crippen LogP contribution in [0, 0.1) is 0 Å². The van der Waals surface area contributed by atoms with Crippen molar-refractivity contribution in [2.45, 2.75) is 13.3 Å². The van der Waals surface area contributed by atoms with Crippen LogP contribution >= 0.6 is 23.2 Å². The van der Waals surface area contributed by atoms with E-state index in [0.717, 1.165) is 17.8 Å². The van der Waals surface area contributed by atoms with Crippen molar-refractivity contribution in [1.82, 2.24) is 9.55 Å². The van der Waals surface area contributed by atoms with E-state index in [-0.39, 0.29) is 0 Å². The summed E-state index contributed by atoms with van der Waals surface area (Å²) >= 11 is 12.0. The first-order valence-corrected chi connectivity index (χ1v) is 6.06. The van der Waals surface area contributed by atoms with Gasteiger partial charge in [-0.25, -0.2) is 4.98 Å². The second kappa shape index (κ2) is 4.59. The molecule has 0 unspecified atom stereocenters. The van der Waals surface area contributed by atoms with Crippen LogP contribution in [0.5, 0.6) is 0 Å². The van der Waals surface area contributed by atoms with Crippen molar-refractivity contribution in [3.63, 3.8) is 0 Å². The minimum absolute atomic E-state index is 0.560. The molecule has 0 spiro atoms. The molecule has 0 aliphatic heterocycles. The Hall–Kier alpha value is -1.19. The largest absolute Gasteiger partial charge is 0.383 e. The zero-order valence-corrected chi connectivity index (χ0v) is 11.2. The van der Waals surface area contributed by atoms with E-state index in [4.69, 9.17) is 28.9 Å². The van der Waals surface area contributed by atoms with Gasteiger partial charge in [0.15, 0.2) is 0 Å². The number of anilines is 1. The van der Waals surface area contributed by atoms with Crippen molar-refractivity contribution in [1.29, 1.82) is 0 Å². The van der Waals surface area contributed by atoms with E-state index in [9.17, 15) is 0 Å². The SMILES string of the molecule is CCc1nc(-c2ccc(Cl)cc2Cl)c(N)n1C. The fraction of sp³-hybridized carbons (Fsp3) is 0.250. The molecule has 1 heterocycles. The first-order valence-electron chi connectivity index (χ1n) is 5.31. The molecule has 90 valence electrons. The maximum atomic E-state index is 6.15. The Kier molecular flexibility index (Phi) is 3.31. The van der Waals surface area contributed by atoms with E-state index < -0.39 is 0 Å². The van der Waals surface area contributed by atoms with Gasteiger partial charge < -0.3 is 10.3 Å². The molecule has 0 saturated heterocycles. The van der Waals surface area contributed by atoms with Crippen LogP contribution in [0.25, 0.3) is 11.3 Å². The van der Waals surface area contributed by atoms with E-state index in [1.807, 2.05) is 24.6 Å². The van der Waals surface area contributed by atoms with Gasteiger partial charge in [-0.1, -0.05) is 30.1 Å². The van der Waals surface area contributed by atoms with Gasteiger partial charge in [-0.3, -0.25) is 0 Å². The molecule has 2 aromatic rings. The van der Waals surface area contributed by atoms with Gasteiger partial charge in [-0.2, -0.15) is 0 Å². The number of hydrogen-bond acceptors (Lipinski definition) is 2. The van der Waals surface area contributed by atoms with Crippen LogP contribution in [0.3, 0.4) is 0 Å². The van der Waals surface area contributed by atoms with Gasteiger partial charge in [0.1, 0.15) is 17.3 Å². The van der Waals surface area contributed by atoms with E-state index in [2.05, 4.69) is 4.98 Å². The number of halogens is 2. The lowest BCUT2D eigenvalue weighted by atomic mass is 10.1. The third kappa shape index (κ3) is 2.13. The average molecular weight is 270 g/mol. The van der Waals surface area contributed by atoms with Crippen LogP contribution in [0.4, 0.5) is 5.82 Å². The number of aromatic nitrogens is 2. The van der Waals surface area contributed by atoms with Gasteiger partial charge >= 0.3 is 0 Å². The highest BCUT2D eigenvalue weighted by Gasteiger charge is 2.15. The van der Waals surface area contributed by atoms with Crippen molar-refractivity contribution in [2.24, 2.45) is 7.05 Å². The number of nitrogens with two attached hydrogens (primary N) is 1. The molecule has 17 heavy (non-hydrogen) atoms. The zero-order valence-electron chi connectivity index (χ0n) is 9.67. The predicted molar refractivity (Wildman–Crippen MR) is 72.5 cm³/mol. The van der Waals surface area contributed by atoms with Gasteiger partial charge in [0.25, 0.3) is 0 Å². The Morgan fingerprint density at radius 3 is 2.59 bits per heavy atom. The number of rotatable bonds is 2. The smallest absolute Gasteiger partial charge is 0.131 e. The lowest BCUT2D eigenvalue weighted by molar-refractivity contribution is 0.816. The van der Waals surface area contributed by atoms with Gasteiger partial charge in [0, 0.05) is 24.1 Å². The minimum atomic E-state index is 0.560. The first-order chi connectivity index (χ1) is 8.04. The quantitative estimate of drug-likeness (QED) is 0.907. The predicted octanol–water partition coefficient (Wildman–Crippen LogP) is 3.54. The summed E-state index contributed by atoms with van der Waals surface area (Å²) in [5, 5.41) is 1.16. The van der Waals surface area contributed by atoms with Crippen molar-refractivity contribution in [2.75, 3.05) is 5.73 Å². The Labute approximate surface area is 110 Å². The fourth-order valence-corrected chi connectivity index (χ4v) is 2.25. The summed E-state index contributed by atoms with van der Waals surface area (Å²) in [7, 11) is 1.90. The van der Waals surface area contributed by atoms with Crippen LogP contribution in [-0.2, 0) is 13.5 Å². The summed E-state index contributed by atoms with van der Waals surface area (Å²) in [5.41, 5.74) is 7.55. The molecule has 5 heteroatoms. The fourth-order valence-electron chi connectivity index (χ4n) is 1.76. The molecule has 0 bridgehead atoms. The van der Waals surface area contributed by atoms with Crippen LogP contribution < -0.4 is 5.73 Å². The van der Waals surface area contributed by atoms with Crippen molar-refractivity contribution in [3.8, 4) is 11.3 Å². The van der Waals surface area contributed by atoms with E-state index >= 15 is 0 Å². The third-order valence-corrected chi connectivity index (χ3v) is 3.28. The summed E-state index contributed by atoms with van der Waals surface area (Å²) in [6.07, 6.45) is 0.825. The maximum absolute atomic E-state index is 6.15. The van der Waals surface area contributed by atoms with Crippen molar-refractivity contribution >= 4 is 29.0 Å². The Morgan fingerprint density at radius 2 is 2.06 bits per heavy atom. The highest BCUT2D eigenvalue weighted by atomic mass is 35.5. The lowest BCUT2D eigenvalue weighted by Crippen LogP contribution is -2.00. The normalized spacial score (nSPS) is 10.8.